The number of H-pyrrole nitrogens is 1. The average Bonchev–Trinajstić information content (AvgIpc) is 3.43. The first-order valence-electron chi connectivity index (χ1n) is 12.7. The molecule has 7 heteroatoms. The van der Waals surface area contributed by atoms with Crippen molar-refractivity contribution in [1.29, 1.82) is 0 Å². The number of nitrogens with one attached hydrogen (secondary N) is 2. The van der Waals surface area contributed by atoms with E-state index in [0.717, 1.165) is 45.5 Å². The van der Waals surface area contributed by atoms with Crippen LogP contribution >= 0.6 is 0 Å². The van der Waals surface area contributed by atoms with Crippen molar-refractivity contribution in [2.45, 2.75) is 13.1 Å². The molecule has 6 aromatic rings. The topological polar surface area (TPSA) is 105 Å². The van der Waals surface area contributed by atoms with Crippen molar-refractivity contribution in [1.82, 2.24) is 30.2 Å². The van der Waals surface area contributed by atoms with E-state index in [-0.39, 0.29) is 0 Å². The van der Waals surface area contributed by atoms with Crippen LogP contribution in [-0.2, 0) is 13.1 Å². The number of aromatic nitrogens is 5. The molecule has 4 aromatic heterocycles. The van der Waals surface area contributed by atoms with E-state index < -0.39 is 0 Å². The summed E-state index contributed by atoms with van der Waals surface area (Å²) >= 11 is 0. The van der Waals surface area contributed by atoms with Crippen molar-refractivity contribution in [3.8, 4) is 22.4 Å². The molecule has 0 atom stereocenters. The van der Waals surface area contributed by atoms with E-state index in [0.29, 0.717) is 29.3 Å². The third-order valence-corrected chi connectivity index (χ3v) is 6.58. The number of nitrogen functional groups attached to an aromatic ring is 1. The minimum atomic E-state index is 0.533. The third kappa shape index (κ3) is 5.16. The molecule has 0 saturated heterocycles. The summed E-state index contributed by atoms with van der Waals surface area (Å²) in [5.41, 5.74) is 15.8. The Morgan fingerprint density at radius 3 is 2.49 bits per heavy atom. The Morgan fingerprint density at radius 2 is 1.64 bits per heavy atom. The van der Waals surface area contributed by atoms with Crippen LogP contribution in [0.2, 0.25) is 0 Å². The maximum absolute atomic E-state index is 6.37. The fourth-order valence-corrected chi connectivity index (χ4v) is 4.59. The molecule has 39 heavy (non-hydrogen) atoms. The van der Waals surface area contributed by atoms with Crippen LogP contribution in [0.25, 0.3) is 39.0 Å². The maximum atomic E-state index is 6.37. The van der Waals surface area contributed by atoms with E-state index in [1.54, 1.807) is 6.20 Å². The van der Waals surface area contributed by atoms with Gasteiger partial charge < -0.3 is 16.0 Å². The maximum Gasteiger partial charge on any atom is 0.140 e. The van der Waals surface area contributed by atoms with Crippen LogP contribution in [0.4, 0.5) is 5.69 Å². The minimum Gasteiger partial charge on any atom is -0.397 e. The normalized spacial score (nSPS) is 11.1. The van der Waals surface area contributed by atoms with Gasteiger partial charge in [0.05, 0.1) is 28.1 Å². The number of aromatic amines is 1. The van der Waals surface area contributed by atoms with Gasteiger partial charge >= 0.3 is 0 Å². The average molecular weight is 510 g/mol. The monoisotopic (exact) mass is 509 g/mol. The first-order valence-corrected chi connectivity index (χ1v) is 12.7. The molecule has 0 aliphatic carbocycles. The smallest absolute Gasteiger partial charge is 0.140 e. The molecule has 190 valence electrons. The molecule has 7 nitrogen and oxygen atoms in total. The van der Waals surface area contributed by atoms with Gasteiger partial charge in [-0.2, -0.15) is 0 Å². The minimum absolute atomic E-state index is 0.533. The summed E-state index contributed by atoms with van der Waals surface area (Å²) in [6, 6.07) is 26.1. The van der Waals surface area contributed by atoms with Gasteiger partial charge in [-0.1, -0.05) is 55.1 Å². The molecular formula is C32H27N7. The zero-order valence-electron chi connectivity index (χ0n) is 21.3. The van der Waals surface area contributed by atoms with Gasteiger partial charge in [0.25, 0.3) is 0 Å². The molecule has 0 spiro atoms. The second-order valence-corrected chi connectivity index (χ2v) is 9.31. The summed E-state index contributed by atoms with van der Waals surface area (Å²) in [5, 5.41) is 3.48. The van der Waals surface area contributed by atoms with Crippen molar-refractivity contribution < 1.29 is 0 Å². The van der Waals surface area contributed by atoms with Gasteiger partial charge in [0, 0.05) is 60.1 Å². The van der Waals surface area contributed by atoms with E-state index in [1.165, 1.54) is 5.56 Å². The summed E-state index contributed by atoms with van der Waals surface area (Å²) in [5.74, 6) is 0.620. The van der Waals surface area contributed by atoms with Gasteiger partial charge in [-0.05, 0) is 41.5 Å². The predicted molar refractivity (Wildman–Crippen MR) is 156 cm³/mol. The van der Waals surface area contributed by atoms with Crippen LogP contribution in [0.15, 0.2) is 110 Å². The zero-order chi connectivity index (χ0) is 26.6. The number of hydrogen-bond donors (Lipinski definition) is 3. The van der Waals surface area contributed by atoms with E-state index in [2.05, 4.69) is 45.0 Å². The number of benzene rings is 2. The number of nitrogens with zero attached hydrogens (tertiary/aromatic N) is 4. The molecule has 4 heterocycles. The van der Waals surface area contributed by atoms with E-state index in [4.69, 9.17) is 15.7 Å². The molecule has 4 N–H and O–H groups in total. The molecule has 0 unspecified atom stereocenters. The van der Waals surface area contributed by atoms with E-state index in [1.807, 2.05) is 79.3 Å². The lowest BCUT2D eigenvalue weighted by Crippen LogP contribution is -2.12. The lowest BCUT2D eigenvalue weighted by atomic mass is 10.1. The molecule has 0 saturated carbocycles. The lowest BCUT2D eigenvalue weighted by Gasteiger charge is -2.10. The molecule has 6 rings (SSSR count). The molecular weight excluding hydrogens is 482 g/mol. The third-order valence-electron chi connectivity index (χ3n) is 6.58. The molecule has 0 fully saturated rings. The number of para-hydroxylation sites is 1. The SMILES string of the molecule is C=C(c1nc2c(-c3cccnc3)cccc2[nH]1)c1nc(-c2cncc(CNCc3ccccc3)c2)ccc1N. The molecule has 0 aliphatic heterocycles. The number of hydrogen-bond acceptors (Lipinski definition) is 6. The molecule has 2 aromatic carbocycles. The molecule has 0 radical (unpaired) electrons. The summed E-state index contributed by atoms with van der Waals surface area (Å²) in [6.07, 6.45) is 7.27. The van der Waals surface area contributed by atoms with Crippen molar-refractivity contribution in [3.05, 3.63) is 133 Å². The Morgan fingerprint density at radius 1 is 0.795 bits per heavy atom. The van der Waals surface area contributed by atoms with Crippen LogP contribution < -0.4 is 11.1 Å². The number of fused-ring (bicyclic) bond motifs is 1. The fourth-order valence-electron chi connectivity index (χ4n) is 4.59. The Balaban J connectivity index is 1.26. The first-order chi connectivity index (χ1) is 19.2. The highest BCUT2D eigenvalue weighted by atomic mass is 14.9. The summed E-state index contributed by atoms with van der Waals surface area (Å²) in [7, 11) is 0. The molecule has 0 amide bonds. The van der Waals surface area contributed by atoms with Crippen molar-refractivity contribution in [2.75, 3.05) is 5.73 Å². The zero-order valence-corrected chi connectivity index (χ0v) is 21.3. The Hall–Kier alpha value is -5.14. The number of anilines is 1. The predicted octanol–water partition coefficient (Wildman–Crippen LogP) is 6.02. The van der Waals surface area contributed by atoms with Crippen molar-refractivity contribution >= 4 is 22.3 Å². The van der Waals surface area contributed by atoms with Gasteiger partial charge in [0.1, 0.15) is 5.82 Å². The van der Waals surface area contributed by atoms with Gasteiger partial charge in [-0.3, -0.25) is 9.97 Å². The number of pyridine rings is 3. The second kappa shape index (κ2) is 10.7. The Kier molecular flexibility index (Phi) is 6.64. The summed E-state index contributed by atoms with van der Waals surface area (Å²) < 4.78 is 0. The van der Waals surface area contributed by atoms with Gasteiger partial charge in [0.15, 0.2) is 0 Å². The van der Waals surface area contributed by atoms with Gasteiger partial charge in [-0.15, -0.1) is 0 Å². The van der Waals surface area contributed by atoms with Crippen LogP contribution in [0.3, 0.4) is 0 Å². The van der Waals surface area contributed by atoms with Crippen molar-refractivity contribution in [3.63, 3.8) is 0 Å². The number of nitrogens with two attached hydrogens (primary N) is 1. The molecule has 0 aliphatic rings. The molecule has 0 bridgehead atoms. The Labute approximate surface area is 226 Å². The van der Waals surface area contributed by atoms with Crippen LogP contribution in [0.1, 0.15) is 22.6 Å². The summed E-state index contributed by atoms with van der Waals surface area (Å²) in [6.45, 7) is 5.78. The fraction of sp³-hybridized carbons (Fsp3) is 0.0625. The summed E-state index contributed by atoms with van der Waals surface area (Å²) in [4.78, 5) is 21.9. The highest BCUT2D eigenvalue weighted by Crippen LogP contribution is 2.31. The number of imidazole rings is 1. The highest BCUT2D eigenvalue weighted by molar-refractivity contribution is 5.94. The first kappa shape index (κ1) is 24.2. The van der Waals surface area contributed by atoms with Crippen LogP contribution in [0.5, 0.6) is 0 Å². The van der Waals surface area contributed by atoms with Gasteiger partial charge in [0.2, 0.25) is 0 Å². The van der Waals surface area contributed by atoms with Crippen LogP contribution in [-0.4, -0.2) is 24.9 Å². The largest absolute Gasteiger partial charge is 0.397 e. The van der Waals surface area contributed by atoms with E-state index >= 15 is 0 Å². The van der Waals surface area contributed by atoms with Gasteiger partial charge in [-0.25, -0.2) is 9.97 Å². The van der Waals surface area contributed by atoms with Crippen LogP contribution in [0, 0.1) is 0 Å². The Bertz CT molecular complexity index is 1760. The highest BCUT2D eigenvalue weighted by Gasteiger charge is 2.16. The van der Waals surface area contributed by atoms with Crippen molar-refractivity contribution in [2.24, 2.45) is 0 Å². The lowest BCUT2D eigenvalue weighted by molar-refractivity contribution is 0.691. The van der Waals surface area contributed by atoms with E-state index in [9.17, 15) is 0 Å². The quantitative estimate of drug-likeness (QED) is 0.232. The second-order valence-electron chi connectivity index (χ2n) is 9.31. The number of rotatable bonds is 8. The standard InChI is InChI=1S/C32H27N7/c1-21(32-38-29-11-5-10-26(31(29)39-32)24-9-6-14-34-19-24)30-27(33)12-13-28(37-30)25-15-23(18-36-20-25)17-35-16-22-7-3-2-4-8-22/h2-15,18-20,35H,1,16-17,33H2,(H,38,39).